The highest BCUT2D eigenvalue weighted by Gasteiger charge is 2.18. The lowest BCUT2D eigenvalue weighted by atomic mass is 10.0. The average molecular weight is 337 g/mol. The normalized spacial score (nSPS) is 12.2. The van der Waals surface area contributed by atoms with E-state index in [4.69, 9.17) is 4.74 Å². The number of carbonyl (C=O) groups excluding carboxylic acids is 1. The molecule has 1 amide bonds. The first-order valence-corrected chi connectivity index (χ1v) is 8.71. The van der Waals surface area contributed by atoms with Crippen LogP contribution < -0.4 is 4.74 Å². The number of aryl methyl sites for hydroxylation is 1. The van der Waals surface area contributed by atoms with E-state index >= 15 is 0 Å². The summed E-state index contributed by atoms with van der Waals surface area (Å²) in [7, 11) is 1.82. The van der Waals surface area contributed by atoms with Crippen molar-refractivity contribution in [3.63, 3.8) is 0 Å². The van der Waals surface area contributed by atoms with E-state index in [0.29, 0.717) is 12.2 Å². The second-order valence-corrected chi connectivity index (χ2v) is 6.20. The van der Waals surface area contributed by atoms with Crippen molar-refractivity contribution in [3.8, 4) is 16.9 Å². The van der Waals surface area contributed by atoms with Crippen molar-refractivity contribution >= 4 is 5.91 Å². The van der Waals surface area contributed by atoms with Gasteiger partial charge in [-0.1, -0.05) is 42.0 Å². The standard InChI is InChI=1S/C22H27NO2/c1-6-9-17(4)23(5)22(24)19-12-13-20(21(15-19)25-7-2)18-11-8-10-16(3)14-18/h6,8-15,17H,7H2,1-5H3/b9-6+. The van der Waals surface area contributed by atoms with Crippen LogP contribution in [0.5, 0.6) is 5.75 Å². The Labute approximate surface area is 150 Å². The van der Waals surface area contributed by atoms with Gasteiger partial charge in [0.1, 0.15) is 5.75 Å². The van der Waals surface area contributed by atoms with Gasteiger partial charge in [-0.25, -0.2) is 0 Å². The maximum Gasteiger partial charge on any atom is 0.254 e. The van der Waals surface area contributed by atoms with Crippen LogP contribution in [0.4, 0.5) is 0 Å². The number of ether oxygens (including phenoxy) is 1. The van der Waals surface area contributed by atoms with E-state index in [0.717, 1.165) is 16.9 Å². The van der Waals surface area contributed by atoms with Crippen LogP contribution in [-0.2, 0) is 0 Å². The van der Waals surface area contributed by atoms with Crippen LogP contribution in [0.25, 0.3) is 11.1 Å². The van der Waals surface area contributed by atoms with Gasteiger partial charge in [0.15, 0.2) is 0 Å². The van der Waals surface area contributed by atoms with Crippen LogP contribution in [-0.4, -0.2) is 30.5 Å². The van der Waals surface area contributed by atoms with Gasteiger partial charge in [0.25, 0.3) is 5.91 Å². The lowest BCUT2D eigenvalue weighted by Gasteiger charge is -2.23. The summed E-state index contributed by atoms with van der Waals surface area (Å²) in [4.78, 5) is 14.5. The maximum absolute atomic E-state index is 12.8. The highest BCUT2D eigenvalue weighted by Crippen LogP contribution is 2.32. The van der Waals surface area contributed by atoms with Crippen LogP contribution >= 0.6 is 0 Å². The van der Waals surface area contributed by atoms with Gasteiger partial charge in [0.2, 0.25) is 0 Å². The van der Waals surface area contributed by atoms with Crippen LogP contribution in [0, 0.1) is 6.92 Å². The SMILES string of the molecule is C/C=C/C(C)N(C)C(=O)c1ccc(-c2cccc(C)c2)c(OCC)c1. The zero-order valence-corrected chi connectivity index (χ0v) is 15.7. The Bertz CT molecular complexity index is 764. The third-order valence-electron chi connectivity index (χ3n) is 4.26. The predicted molar refractivity (Wildman–Crippen MR) is 104 cm³/mol. The van der Waals surface area contributed by atoms with Gasteiger partial charge in [-0.2, -0.15) is 0 Å². The molecule has 2 aromatic rings. The number of hydrogen-bond acceptors (Lipinski definition) is 2. The molecule has 0 aliphatic rings. The molecule has 0 aliphatic heterocycles. The van der Waals surface area contributed by atoms with Crippen molar-refractivity contribution in [3.05, 3.63) is 65.7 Å². The molecule has 0 N–H and O–H groups in total. The first-order chi connectivity index (χ1) is 12.0. The van der Waals surface area contributed by atoms with Crippen molar-refractivity contribution < 1.29 is 9.53 Å². The van der Waals surface area contributed by atoms with Crippen molar-refractivity contribution in [1.82, 2.24) is 4.90 Å². The Morgan fingerprint density at radius 3 is 2.64 bits per heavy atom. The highest BCUT2D eigenvalue weighted by atomic mass is 16.5. The van der Waals surface area contributed by atoms with Gasteiger partial charge < -0.3 is 9.64 Å². The summed E-state index contributed by atoms with van der Waals surface area (Å²) in [5, 5.41) is 0. The minimum Gasteiger partial charge on any atom is -0.493 e. The lowest BCUT2D eigenvalue weighted by molar-refractivity contribution is 0.0769. The molecule has 0 aliphatic carbocycles. The fourth-order valence-electron chi connectivity index (χ4n) is 2.78. The first-order valence-electron chi connectivity index (χ1n) is 8.71. The summed E-state index contributed by atoms with van der Waals surface area (Å²) >= 11 is 0. The number of rotatable bonds is 6. The maximum atomic E-state index is 12.8. The van der Waals surface area contributed by atoms with E-state index < -0.39 is 0 Å². The van der Waals surface area contributed by atoms with Crippen molar-refractivity contribution in [2.75, 3.05) is 13.7 Å². The minimum absolute atomic E-state index is 0.0117. The molecule has 0 saturated heterocycles. The van der Waals surface area contributed by atoms with Crippen molar-refractivity contribution in [1.29, 1.82) is 0 Å². The molecule has 2 aromatic carbocycles. The van der Waals surface area contributed by atoms with Crippen LogP contribution in [0.15, 0.2) is 54.6 Å². The van der Waals surface area contributed by atoms with Crippen LogP contribution in [0.3, 0.4) is 0 Å². The Morgan fingerprint density at radius 2 is 2.00 bits per heavy atom. The van der Waals surface area contributed by atoms with Gasteiger partial charge >= 0.3 is 0 Å². The fraction of sp³-hybridized carbons (Fsp3) is 0.318. The zero-order chi connectivity index (χ0) is 18.4. The van der Waals surface area contributed by atoms with E-state index in [1.54, 1.807) is 4.90 Å². The fourth-order valence-corrected chi connectivity index (χ4v) is 2.78. The Balaban J connectivity index is 2.40. The second-order valence-electron chi connectivity index (χ2n) is 6.20. The lowest BCUT2D eigenvalue weighted by Crippen LogP contribution is -2.33. The number of carbonyl (C=O) groups is 1. The van der Waals surface area contributed by atoms with Gasteiger partial charge in [-0.15, -0.1) is 0 Å². The summed E-state index contributed by atoms with van der Waals surface area (Å²) in [6.45, 7) is 8.54. The van der Waals surface area contributed by atoms with Crippen LogP contribution in [0.1, 0.15) is 36.7 Å². The topological polar surface area (TPSA) is 29.5 Å². The molecular weight excluding hydrogens is 310 g/mol. The van der Waals surface area contributed by atoms with Crippen LogP contribution in [0.2, 0.25) is 0 Å². The second kappa shape index (κ2) is 8.52. The van der Waals surface area contributed by atoms with E-state index in [1.807, 2.05) is 64.2 Å². The molecule has 0 bridgehead atoms. The number of benzene rings is 2. The van der Waals surface area contributed by atoms with Crippen molar-refractivity contribution in [2.24, 2.45) is 0 Å². The Morgan fingerprint density at radius 1 is 1.24 bits per heavy atom. The molecule has 1 unspecified atom stereocenters. The summed E-state index contributed by atoms with van der Waals surface area (Å²) < 4.78 is 5.83. The van der Waals surface area contributed by atoms with E-state index in [9.17, 15) is 4.79 Å². The summed E-state index contributed by atoms with van der Waals surface area (Å²) in [5.41, 5.74) is 3.93. The minimum atomic E-state index is -0.0117. The molecule has 2 rings (SSSR count). The molecule has 25 heavy (non-hydrogen) atoms. The van der Waals surface area contributed by atoms with Crippen molar-refractivity contribution in [2.45, 2.75) is 33.7 Å². The molecular formula is C22H27NO2. The quantitative estimate of drug-likeness (QED) is 0.687. The van der Waals surface area contributed by atoms with E-state index in [1.165, 1.54) is 5.56 Å². The molecule has 132 valence electrons. The van der Waals surface area contributed by atoms with Gasteiger partial charge in [0.05, 0.1) is 6.61 Å². The average Bonchev–Trinajstić information content (AvgIpc) is 2.61. The summed E-state index contributed by atoms with van der Waals surface area (Å²) in [6.07, 6.45) is 3.96. The smallest absolute Gasteiger partial charge is 0.254 e. The number of hydrogen-bond donors (Lipinski definition) is 0. The molecule has 0 radical (unpaired) electrons. The Hall–Kier alpha value is -2.55. The summed E-state index contributed by atoms with van der Waals surface area (Å²) in [6, 6.07) is 14.0. The zero-order valence-electron chi connectivity index (χ0n) is 15.7. The Kier molecular flexibility index (Phi) is 6.40. The molecule has 1 atom stereocenters. The molecule has 3 heteroatoms. The van der Waals surface area contributed by atoms with Gasteiger partial charge in [0, 0.05) is 24.2 Å². The molecule has 3 nitrogen and oxygen atoms in total. The highest BCUT2D eigenvalue weighted by molar-refractivity contribution is 5.95. The first kappa shape index (κ1) is 18.8. The molecule has 0 aromatic heterocycles. The van der Waals surface area contributed by atoms with Gasteiger partial charge in [-0.05, 0) is 51.5 Å². The number of amides is 1. The number of allylic oxidation sites excluding steroid dienone is 1. The third-order valence-corrected chi connectivity index (χ3v) is 4.26. The van der Waals surface area contributed by atoms with E-state index in [-0.39, 0.29) is 11.9 Å². The molecule has 0 heterocycles. The molecule has 0 saturated carbocycles. The van der Waals surface area contributed by atoms with Gasteiger partial charge in [-0.3, -0.25) is 4.79 Å². The monoisotopic (exact) mass is 337 g/mol. The molecule has 0 spiro atoms. The number of likely N-dealkylation sites (N-methyl/N-ethyl adjacent to an activating group) is 1. The molecule has 0 fully saturated rings. The van der Waals surface area contributed by atoms with E-state index in [2.05, 4.69) is 25.1 Å². The third kappa shape index (κ3) is 4.50. The predicted octanol–water partition coefficient (Wildman–Crippen LogP) is 5.10. The summed E-state index contributed by atoms with van der Waals surface area (Å²) in [5.74, 6) is 0.730. The largest absolute Gasteiger partial charge is 0.493 e. The number of nitrogens with zero attached hydrogens (tertiary/aromatic N) is 1.